The Morgan fingerprint density at radius 1 is 1.07 bits per heavy atom. The molecule has 0 spiro atoms. The molecule has 0 radical (unpaired) electrons. The van der Waals surface area contributed by atoms with Crippen molar-refractivity contribution in [2.75, 3.05) is 31.6 Å². The Hall–Kier alpha value is -2.74. The third-order valence-corrected chi connectivity index (χ3v) is 5.90. The summed E-state index contributed by atoms with van der Waals surface area (Å²) >= 11 is 0. The van der Waals surface area contributed by atoms with Crippen molar-refractivity contribution >= 4 is 21.6 Å². The zero-order chi connectivity index (χ0) is 20.7. The van der Waals surface area contributed by atoms with E-state index in [4.69, 9.17) is 9.47 Å². The average molecular weight is 407 g/mol. The molecule has 0 saturated carbocycles. The minimum Gasteiger partial charge on any atom is -0.497 e. The van der Waals surface area contributed by atoms with Gasteiger partial charge in [0.05, 0.1) is 24.8 Å². The molecule has 0 atom stereocenters. The van der Waals surface area contributed by atoms with Gasteiger partial charge in [0.1, 0.15) is 18.0 Å². The largest absolute Gasteiger partial charge is 0.497 e. The van der Waals surface area contributed by atoms with E-state index in [9.17, 15) is 13.2 Å². The molecule has 2 aromatic carbocycles. The van der Waals surface area contributed by atoms with Gasteiger partial charge in [-0.3, -0.25) is 9.10 Å². The molecule has 1 N–H and O–H groups in total. The van der Waals surface area contributed by atoms with Crippen LogP contribution in [0.3, 0.4) is 0 Å². The van der Waals surface area contributed by atoms with Crippen LogP contribution in [0.2, 0.25) is 0 Å². The Bertz CT molecular complexity index is 911. The second-order valence-corrected chi connectivity index (χ2v) is 8.07. The minimum absolute atomic E-state index is 0.0965. The van der Waals surface area contributed by atoms with Gasteiger partial charge >= 0.3 is 0 Å². The van der Waals surface area contributed by atoms with Gasteiger partial charge in [0.15, 0.2) is 0 Å². The van der Waals surface area contributed by atoms with Crippen molar-refractivity contribution in [1.82, 2.24) is 5.32 Å². The highest BCUT2D eigenvalue weighted by Crippen LogP contribution is 2.35. The quantitative estimate of drug-likeness (QED) is 0.692. The van der Waals surface area contributed by atoms with Crippen molar-refractivity contribution in [3.63, 3.8) is 0 Å². The van der Waals surface area contributed by atoms with E-state index in [1.165, 1.54) is 26.4 Å². The molecule has 0 unspecified atom stereocenters. The van der Waals surface area contributed by atoms with Gasteiger partial charge in [0.2, 0.25) is 5.91 Å². The number of rotatable bonds is 9. The van der Waals surface area contributed by atoms with Crippen molar-refractivity contribution in [2.45, 2.75) is 25.2 Å². The van der Waals surface area contributed by atoms with Crippen LogP contribution in [0.15, 0.2) is 47.4 Å². The van der Waals surface area contributed by atoms with Gasteiger partial charge in [-0.1, -0.05) is 24.6 Å². The zero-order valence-electron chi connectivity index (χ0n) is 16.6. The van der Waals surface area contributed by atoms with Gasteiger partial charge in [0, 0.05) is 12.6 Å². The number of amides is 1. The van der Waals surface area contributed by atoms with Crippen LogP contribution in [-0.4, -0.2) is 41.6 Å². The number of nitrogens with one attached hydrogen (secondary N) is 1. The molecule has 0 fully saturated rings. The lowest BCUT2D eigenvalue weighted by Crippen LogP contribution is -2.41. The summed E-state index contributed by atoms with van der Waals surface area (Å²) in [6, 6.07) is 11.3. The Kier molecular flexibility index (Phi) is 7.28. The lowest BCUT2D eigenvalue weighted by molar-refractivity contribution is -0.119. The second-order valence-electron chi connectivity index (χ2n) is 6.21. The Balaban J connectivity index is 2.54. The van der Waals surface area contributed by atoms with Crippen LogP contribution in [0.5, 0.6) is 11.5 Å². The molecule has 2 rings (SSSR count). The minimum atomic E-state index is -3.99. The van der Waals surface area contributed by atoms with Gasteiger partial charge < -0.3 is 14.8 Å². The van der Waals surface area contributed by atoms with Crippen LogP contribution in [0, 0.1) is 6.92 Å². The fraction of sp³-hybridized carbons (Fsp3) is 0.350. The van der Waals surface area contributed by atoms with E-state index in [2.05, 4.69) is 5.32 Å². The lowest BCUT2D eigenvalue weighted by atomic mass is 10.2. The summed E-state index contributed by atoms with van der Waals surface area (Å²) in [7, 11) is -1.05. The van der Waals surface area contributed by atoms with Crippen LogP contribution in [-0.2, 0) is 14.8 Å². The normalized spacial score (nSPS) is 11.0. The zero-order valence-corrected chi connectivity index (χ0v) is 17.4. The van der Waals surface area contributed by atoms with Crippen molar-refractivity contribution in [3.05, 3.63) is 48.0 Å². The number of nitrogens with zero attached hydrogens (tertiary/aromatic N) is 1. The van der Waals surface area contributed by atoms with E-state index < -0.39 is 15.9 Å². The monoisotopic (exact) mass is 406 g/mol. The van der Waals surface area contributed by atoms with Gasteiger partial charge in [-0.2, -0.15) is 0 Å². The molecule has 0 aromatic heterocycles. The summed E-state index contributed by atoms with van der Waals surface area (Å²) in [5.41, 5.74) is 1.20. The molecular weight excluding hydrogens is 380 g/mol. The lowest BCUT2D eigenvalue weighted by Gasteiger charge is -2.26. The molecule has 0 saturated heterocycles. The maximum absolute atomic E-state index is 13.3. The molecule has 152 valence electrons. The molecule has 0 bridgehead atoms. The van der Waals surface area contributed by atoms with E-state index in [1.54, 1.807) is 30.3 Å². The third kappa shape index (κ3) is 4.95. The SMILES string of the molecule is CCCNC(=O)CN(c1ccc(OC)cc1OC)S(=O)(=O)c1ccc(C)cc1. The summed E-state index contributed by atoms with van der Waals surface area (Å²) in [6.07, 6.45) is 0.752. The standard InChI is InChI=1S/C20H26N2O5S/c1-5-12-21-20(23)14-22(18-11-8-16(26-3)13-19(18)27-4)28(24,25)17-9-6-15(2)7-10-17/h6-11,13H,5,12,14H2,1-4H3,(H,21,23). The number of sulfonamides is 1. The number of carbonyl (C=O) groups is 1. The van der Waals surface area contributed by atoms with Crippen LogP contribution in [0.25, 0.3) is 0 Å². The topological polar surface area (TPSA) is 84.9 Å². The molecule has 0 aliphatic carbocycles. The van der Waals surface area contributed by atoms with Crippen LogP contribution in [0.1, 0.15) is 18.9 Å². The summed E-state index contributed by atoms with van der Waals surface area (Å²) in [5, 5.41) is 2.71. The number of hydrogen-bond acceptors (Lipinski definition) is 5. The van der Waals surface area contributed by atoms with E-state index in [0.717, 1.165) is 16.3 Å². The van der Waals surface area contributed by atoms with Gasteiger partial charge in [0.25, 0.3) is 10.0 Å². The second kappa shape index (κ2) is 9.45. The van der Waals surface area contributed by atoms with Crippen LogP contribution >= 0.6 is 0 Å². The number of benzene rings is 2. The van der Waals surface area contributed by atoms with Crippen molar-refractivity contribution < 1.29 is 22.7 Å². The highest BCUT2D eigenvalue weighted by molar-refractivity contribution is 7.92. The van der Waals surface area contributed by atoms with E-state index in [1.807, 2.05) is 13.8 Å². The summed E-state index contributed by atoms with van der Waals surface area (Å²) in [6.45, 7) is 3.91. The molecular formula is C20H26N2O5S. The highest BCUT2D eigenvalue weighted by atomic mass is 32.2. The number of aryl methyl sites for hydroxylation is 1. The molecule has 0 aliphatic rings. The Labute approximate surface area is 166 Å². The molecule has 7 nitrogen and oxygen atoms in total. The Morgan fingerprint density at radius 2 is 1.75 bits per heavy atom. The van der Waals surface area contributed by atoms with E-state index in [0.29, 0.717) is 18.0 Å². The number of ether oxygens (including phenoxy) is 2. The van der Waals surface area contributed by atoms with Crippen molar-refractivity contribution in [1.29, 1.82) is 0 Å². The van der Waals surface area contributed by atoms with Crippen LogP contribution < -0.4 is 19.1 Å². The number of carbonyl (C=O) groups excluding carboxylic acids is 1. The summed E-state index contributed by atoms with van der Waals surface area (Å²) < 4.78 is 38.3. The number of methoxy groups -OCH3 is 2. The fourth-order valence-corrected chi connectivity index (χ4v) is 4.01. The molecule has 0 heterocycles. The maximum Gasteiger partial charge on any atom is 0.264 e. The first-order valence-corrected chi connectivity index (χ1v) is 10.4. The van der Waals surface area contributed by atoms with Crippen LogP contribution in [0.4, 0.5) is 5.69 Å². The van der Waals surface area contributed by atoms with Crippen molar-refractivity contribution in [2.24, 2.45) is 0 Å². The summed E-state index contributed by atoms with van der Waals surface area (Å²) in [5.74, 6) is 0.414. The van der Waals surface area contributed by atoms with Gasteiger partial charge in [-0.15, -0.1) is 0 Å². The highest BCUT2D eigenvalue weighted by Gasteiger charge is 2.29. The predicted molar refractivity (Wildman–Crippen MR) is 109 cm³/mol. The smallest absolute Gasteiger partial charge is 0.264 e. The van der Waals surface area contributed by atoms with E-state index >= 15 is 0 Å². The average Bonchev–Trinajstić information content (AvgIpc) is 2.70. The molecule has 28 heavy (non-hydrogen) atoms. The first-order chi connectivity index (χ1) is 13.3. The molecule has 0 aliphatic heterocycles. The maximum atomic E-state index is 13.3. The number of anilines is 1. The molecule has 2 aromatic rings. The third-order valence-electron chi connectivity index (χ3n) is 4.12. The fourth-order valence-electron chi connectivity index (χ4n) is 2.58. The molecule has 8 heteroatoms. The Morgan fingerprint density at radius 3 is 2.32 bits per heavy atom. The number of hydrogen-bond donors (Lipinski definition) is 1. The van der Waals surface area contributed by atoms with Crippen molar-refractivity contribution in [3.8, 4) is 11.5 Å². The first kappa shape index (κ1) is 21.6. The van der Waals surface area contributed by atoms with Gasteiger partial charge in [-0.05, 0) is 37.6 Å². The van der Waals surface area contributed by atoms with Gasteiger partial charge in [-0.25, -0.2) is 8.42 Å². The summed E-state index contributed by atoms with van der Waals surface area (Å²) in [4.78, 5) is 12.5. The molecule has 1 amide bonds. The predicted octanol–water partition coefficient (Wildman–Crippen LogP) is 2.73. The van der Waals surface area contributed by atoms with E-state index in [-0.39, 0.29) is 17.1 Å². The first-order valence-electron chi connectivity index (χ1n) is 8.91.